The molecule has 0 aliphatic carbocycles. The summed E-state index contributed by atoms with van der Waals surface area (Å²) in [7, 11) is -4.72. The van der Waals surface area contributed by atoms with E-state index >= 15 is 0 Å². The van der Waals surface area contributed by atoms with E-state index in [1.165, 1.54) is 31.5 Å². The van der Waals surface area contributed by atoms with Crippen LogP contribution in [0, 0.1) is 0 Å². The van der Waals surface area contributed by atoms with Crippen molar-refractivity contribution in [3.05, 3.63) is 12.2 Å². The molecule has 0 rings (SSSR count). The molecule has 0 radical (unpaired) electrons. The fourth-order valence-electron chi connectivity index (χ4n) is 4.24. The number of hydrogen-bond donors (Lipinski definition) is 4. The van der Waals surface area contributed by atoms with Crippen LogP contribution < -0.4 is 10.6 Å². The molecule has 0 aliphatic heterocycles. The Bertz CT molecular complexity index is 659. The number of aliphatic hydroxyl groups is 2. The molecular weight excluding hydrogens is 485 g/mol. The first kappa shape index (κ1) is 33.2. The van der Waals surface area contributed by atoms with Gasteiger partial charge < -0.3 is 29.7 Å². The van der Waals surface area contributed by atoms with Gasteiger partial charge in [-0.2, -0.15) is 0 Å². The average molecular weight is 535 g/mol. The molecule has 0 aliphatic rings. The Morgan fingerprint density at radius 2 is 1.62 bits per heavy atom. The van der Waals surface area contributed by atoms with Crippen LogP contribution in [0.3, 0.4) is 0 Å². The zero-order chi connectivity index (χ0) is 26.6. The quantitative estimate of drug-likeness (QED) is 0.0927. The van der Waals surface area contributed by atoms with E-state index in [9.17, 15) is 19.8 Å². The number of carbonyl (C=O) groups excluding carboxylic acids is 2. The van der Waals surface area contributed by atoms with Crippen molar-refractivity contribution >= 4 is 36.5 Å². The smallest absolute Gasteiger partial charge is 0.270 e. The molecule has 11 heteroatoms. The van der Waals surface area contributed by atoms with E-state index in [-0.39, 0.29) is 18.7 Å². The summed E-state index contributed by atoms with van der Waals surface area (Å²) in [6.07, 6.45) is 0.846. The molecule has 0 bridgehead atoms. The Hall–Kier alpha value is -0.829. The second kappa shape index (κ2) is 15.3. The third-order valence-corrected chi connectivity index (χ3v) is 20.4. The minimum absolute atomic E-state index is 0.0782. The molecule has 0 fully saturated rings. The van der Waals surface area contributed by atoms with Crippen LogP contribution in [-0.4, -0.2) is 78.8 Å². The number of carbonyl (C=O) groups is 2. The van der Waals surface area contributed by atoms with Crippen LogP contribution in [0.4, 0.5) is 0 Å². The van der Waals surface area contributed by atoms with Gasteiger partial charge in [0.05, 0.1) is 12.7 Å². The van der Waals surface area contributed by atoms with Gasteiger partial charge in [-0.05, 0) is 51.2 Å². The highest BCUT2D eigenvalue weighted by atomic mass is 28.4. The predicted octanol–water partition coefficient (Wildman–Crippen LogP) is 3.36. The lowest BCUT2D eigenvalue weighted by atomic mass is 10.3. The lowest BCUT2D eigenvalue weighted by Crippen LogP contribution is -2.49. The van der Waals surface area contributed by atoms with Gasteiger partial charge in [0.2, 0.25) is 12.1 Å². The lowest BCUT2D eigenvalue weighted by Gasteiger charge is -2.38. The Balaban J connectivity index is 4.23. The maximum atomic E-state index is 11.8. The van der Waals surface area contributed by atoms with Gasteiger partial charge in [-0.1, -0.05) is 45.5 Å². The number of rotatable bonds is 18. The molecule has 0 heterocycles. The van der Waals surface area contributed by atoms with Crippen LogP contribution in [0.2, 0.25) is 57.0 Å². The highest BCUT2D eigenvalue weighted by Gasteiger charge is 2.37. The van der Waals surface area contributed by atoms with Crippen molar-refractivity contribution < 1.29 is 28.7 Å². The van der Waals surface area contributed by atoms with Crippen molar-refractivity contribution in [2.45, 2.75) is 102 Å². The summed E-state index contributed by atoms with van der Waals surface area (Å²) in [5.74, 6) is -1.42. The largest absolute Gasteiger partial charge is 0.456 e. The Morgan fingerprint density at radius 1 is 1.00 bits per heavy atom. The summed E-state index contributed by atoms with van der Waals surface area (Å²) >= 11 is 0. The number of amides is 2. The van der Waals surface area contributed by atoms with Crippen LogP contribution in [0.15, 0.2) is 12.2 Å². The highest BCUT2D eigenvalue weighted by Crippen LogP contribution is 2.29. The summed E-state index contributed by atoms with van der Waals surface area (Å²) in [5, 5.41) is 24.1. The second-order valence-corrected chi connectivity index (χ2v) is 25.9. The van der Waals surface area contributed by atoms with E-state index in [1.54, 1.807) is 0 Å². The van der Waals surface area contributed by atoms with Gasteiger partial charge in [-0.25, -0.2) is 0 Å². The van der Waals surface area contributed by atoms with Crippen molar-refractivity contribution in [2.75, 3.05) is 19.8 Å². The fourth-order valence-corrected chi connectivity index (χ4v) is 23.8. The zero-order valence-corrected chi connectivity index (χ0v) is 25.8. The molecule has 0 aromatic carbocycles. The van der Waals surface area contributed by atoms with E-state index in [0.29, 0.717) is 6.61 Å². The van der Waals surface area contributed by atoms with Gasteiger partial charge in [-0.15, -0.1) is 0 Å². The van der Waals surface area contributed by atoms with Crippen molar-refractivity contribution in [1.82, 2.24) is 10.6 Å². The normalized spacial score (nSPS) is 14.4. The first-order valence-electron chi connectivity index (χ1n) is 12.4. The highest BCUT2D eigenvalue weighted by molar-refractivity contribution is 6.96. The van der Waals surface area contributed by atoms with E-state index in [1.807, 2.05) is 0 Å². The molecule has 0 aromatic heterocycles. The molecule has 2 unspecified atom stereocenters. The monoisotopic (exact) mass is 534 g/mol. The number of nitrogens with one attached hydrogen (secondary N) is 2. The summed E-state index contributed by atoms with van der Waals surface area (Å²) in [5.41, 5.74) is 1.48. The number of aliphatic hydroxyl groups excluding tert-OH is 2. The van der Waals surface area contributed by atoms with E-state index in [0.717, 1.165) is 12.5 Å². The van der Waals surface area contributed by atoms with Crippen LogP contribution in [0.5, 0.6) is 0 Å². The van der Waals surface area contributed by atoms with Crippen LogP contribution in [-0.2, 0) is 18.4 Å². The molecule has 2 amide bonds. The molecule has 2 atom stereocenters. The summed E-state index contributed by atoms with van der Waals surface area (Å²) in [6.45, 7) is 22.0. The Morgan fingerprint density at radius 3 is 2.18 bits per heavy atom. The van der Waals surface area contributed by atoms with Crippen LogP contribution in [0.1, 0.15) is 33.1 Å². The third kappa shape index (κ3) is 16.0. The topological polar surface area (TPSA) is 117 Å². The summed E-state index contributed by atoms with van der Waals surface area (Å²) < 4.78 is 12.4. The number of hydrogen-bond acceptors (Lipinski definition) is 6. The van der Waals surface area contributed by atoms with Gasteiger partial charge >= 0.3 is 0 Å². The van der Waals surface area contributed by atoms with Crippen LogP contribution >= 0.6 is 0 Å². The molecule has 200 valence electrons. The van der Waals surface area contributed by atoms with E-state index in [4.69, 9.17) is 8.85 Å². The lowest BCUT2D eigenvalue weighted by molar-refractivity contribution is -0.136. The third-order valence-electron chi connectivity index (χ3n) is 5.46. The SMILES string of the molecule is C=C(C)C(=O)NC(O)C(=O)NCC(O)COCCC[Si](C)(C)O[Si](C)(C)C[Si](C)(C)CCCC. The predicted molar refractivity (Wildman–Crippen MR) is 146 cm³/mol. The van der Waals surface area contributed by atoms with Gasteiger partial charge in [0.1, 0.15) is 0 Å². The van der Waals surface area contributed by atoms with E-state index in [2.05, 4.69) is 63.4 Å². The maximum absolute atomic E-state index is 11.8. The number of ether oxygens (including phenoxy) is 1. The zero-order valence-electron chi connectivity index (χ0n) is 22.8. The first-order chi connectivity index (χ1) is 15.5. The van der Waals surface area contributed by atoms with Gasteiger partial charge in [0.25, 0.3) is 5.91 Å². The van der Waals surface area contributed by atoms with Crippen molar-refractivity contribution in [1.29, 1.82) is 0 Å². The Kier molecular flexibility index (Phi) is 14.9. The number of unbranched alkanes of at least 4 members (excludes halogenated alkanes) is 1. The first-order valence-corrected chi connectivity index (χ1v) is 22.0. The molecule has 0 saturated carbocycles. The molecule has 0 aromatic rings. The molecule has 8 nitrogen and oxygen atoms in total. The standard InChI is InChI=1S/C23H50N2O6Si3/c1-10-11-14-32(4,5)18-34(8,9)31-33(6,7)15-12-13-30-17-20(26)16-24-22(28)23(29)25-21(27)19(2)3/h20,23,26,29H,2,10-18H2,1,3-9H3,(H,24,28)(H,25,27). The molecular formula is C23H50N2O6Si3. The minimum Gasteiger partial charge on any atom is -0.456 e. The summed E-state index contributed by atoms with van der Waals surface area (Å²) in [4.78, 5) is 23.2. The molecule has 0 spiro atoms. The maximum Gasteiger partial charge on any atom is 0.270 e. The van der Waals surface area contributed by atoms with E-state index < -0.39 is 48.9 Å². The van der Waals surface area contributed by atoms with Crippen molar-refractivity contribution in [2.24, 2.45) is 0 Å². The van der Waals surface area contributed by atoms with Crippen molar-refractivity contribution in [3.63, 3.8) is 0 Å². The van der Waals surface area contributed by atoms with Gasteiger partial charge in [0, 0.05) is 26.8 Å². The molecule has 34 heavy (non-hydrogen) atoms. The average Bonchev–Trinajstić information content (AvgIpc) is 2.68. The minimum atomic E-state index is -1.80. The van der Waals surface area contributed by atoms with Gasteiger partial charge in [-0.3, -0.25) is 9.59 Å². The fraction of sp³-hybridized carbons (Fsp3) is 0.826. The van der Waals surface area contributed by atoms with Gasteiger partial charge in [0.15, 0.2) is 16.6 Å². The van der Waals surface area contributed by atoms with Crippen molar-refractivity contribution in [3.8, 4) is 0 Å². The Labute approximate surface area is 210 Å². The molecule has 4 N–H and O–H groups in total. The summed E-state index contributed by atoms with van der Waals surface area (Å²) in [6, 6.07) is 2.38. The van der Waals surface area contributed by atoms with Crippen LogP contribution in [0.25, 0.3) is 0 Å². The second-order valence-electron chi connectivity index (χ2n) is 11.3. The molecule has 0 saturated heterocycles.